The number of hydrogen-bond acceptors (Lipinski definition) is 5. The molecule has 0 aliphatic carbocycles. The molecule has 0 bridgehead atoms. The fourth-order valence-electron chi connectivity index (χ4n) is 2.83. The van der Waals surface area contributed by atoms with Gasteiger partial charge in [-0.1, -0.05) is 0 Å². The fraction of sp³-hybridized carbons (Fsp3) is 0.438. The number of hydrogen-bond donors (Lipinski definition) is 1. The highest BCUT2D eigenvalue weighted by atomic mass is 19.4. The largest absolute Gasteiger partial charge is 0.522 e. The highest BCUT2D eigenvalue weighted by Gasteiger charge is 2.46. The predicted molar refractivity (Wildman–Crippen MR) is 84.7 cm³/mol. The highest BCUT2D eigenvalue weighted by molar-refractivity contribution is 5.92. The van der Waals surface area contributed by atoms with E-state index in [9.17, 15) is 22.4 Å². The molecule has 10 heteroatoms. The van der Waals surface area contributed by atoms with Gasteiger partial charge in [-0.2, -0.15) is 0 Å². The third-order valence-electron chi connectivity index (χ3n) is 4.30. The van der Waals surface area contributed by atoms with Gasteiger partial charge in [-0.15, -0.1) is 13.2 Å². The van der Waals surface area contributed by atoms with Crippen LogP contribution in [0.3, 0.4) is 0 Å². The van der Waals surface area contributed by atoms with Crippen LogP contribution < -0.4 is 5.32 Å². The molecule has 2 heterocycles. The molecule has 0 saturated carbocycles. The topological polar surface area (TPSA) is 67.4 Å². The van der Waals surface area contributed by atoms with E-state index in [0.717, 1.165) is 0 Å². The van der Waals surface area contributed by atoms with Gasteiger partial charge in [0.2, 0.25) is 5.91 Å². The minimum absolute atomic E-state index is 0.138. The number of alkyl halides is 3. The summed E-state index contributed by atoms with van der Waals surface area (Å²) in [7, 11) is 0. The molecule has 0 unspecified atom stereocenters. The number of amides is 1. The van der Waals surface area contributed by atoms with Crippen LogP contribution in [-0.4, -0.2) is 51.9 Å². The number of aromatic nitrogens is 2. The van der Waals surface area contributed by atoms with Gasteiger partial charge in [0.15, 0.2) is 0 Å². The first-order valence-electron chi connectivity index (χ1n) is 7.87. The van der Waals surface area contributed by atoms with E-state index in [2.05, 4.69) is 20.0 Å². The van der Waals surface area contributed by atoms with Crippen LogP contribution in [0, 0.1) is 5.82 Å². The van der Waals surface area contributed by atoms with E-state index >= 15 is 0 Å². The van der Waals surface area contributed by atoms with Gasteiger partial charge in [-0.25, -0.2) is 14.4 Å². The quantitative estimate of drug-likeness (QED) is 0.836. The van der Waals surface area contributed by atoms with Crippen molar-refractivity contribution in [1.29, 1.82) is 0 Å². The smallest absolute Gasteiger partial charge is 0.358 e. The van der Waals surface area contributed by atoms with E-state index in [1.165, 1.54) is 36.4 Å². The van der Waals surface area contributed by atoms with Gasteiger partial charge in [0, 0.05) is 18.0 Å². The molecule has 1 aliphatic rings. The van der Waals surface area contributed by atoms with Crippen LogP contribution in [0.5, 0.6) is 0 Å². The molecule has 6 nitrogen and oxygen atoms in total. The number of carbonyl (C=O) groups is 1. The minimum atomic E-state index is -4.73. The number of carbonyl (C=O) groups excluding carboxylic acids is 1. The van der Waals surface area contributed by atoms with Gasteiger partial charge < -0.3 is 10.2 Å². The van der Waals surface area contributed by atoms with Gasteiger partial charge in [0.05, 0.1) is 11.6 Å². The van der Waals surface area contributed by atoms with Gasteiger partial charge in [-0.05, 0) is 26.0 Å². The average molecular weight is 372 g/mol. The fourth-order valence-corrected chi connectivity index (χ4v) is 2.83. The van der Waals surface area contributed by atoms with Crippen molar-refractivity contribution >= 4 is 22.6 Å². The molecule has 26 heavy (non-hydrogen) atoms. The van der Waals surface area contributed by atoms with Crippen LogP contribution in [0.25, 0.3) is 10.9 Å². The maximum atomic E-state index is 13.3. The van der Waals surface area contributed by atoms with Crippen LogP contribution in [-0.2, 0) is 9.53 Å². The van der Waals surface area contributed by atoms with Crippen LogP contribution in [0.1, 0.15) is 13.8 Å². The Hall–Kier alpha value is -2.49. The molecule has 1 aromatic heterocycles. The number of anilines is 1. The number of nitrogens with zero attached hydrogens (tertiary/aromatic N) is 3. The lowest BCUT2D eigenvalue weighted by Crippen LogP contribution is -2.64. The summed E-state index contributed by atoms with van der Waals surface area (Å²) in [6, 6.07) is 2.55. The molecule has 2 aromatic rings. The summed E-state index contributed by atoms with van der Waals surface area (Å²) < 4.78 is 54.1. The monoisotopic (exact) mass is 372 g/mol. The molecule has 1 amide bonds. The van der Waals surface area contributed by atoms with Crippen LogP contribution in [0.15, 0.2) is 24.5 Å². The third-order valence-corrected chi connectivity index (χ3v) is 4.30. The summed E-state index contributed by atoms with van der Waals surface area (Å²) in [5, 5.41) is 3.44. The van der Waals surface area contributed by atoms with Gasteiger partial charge >= 0.3 is 6.36 Å². The first-order chi connectivity index (χ1) is 12.2. The maximum absolute atomic E-state index is 13.3. The molecule has 0 radical (unpaired) electrons. The Kier molecular flexibility index (Phi) is 4.70. The number of rotatable bonds is 4. The molecule has 1 saturated heterocycles. The summed E-state index contributed by atoms with van der Waals surface area (Å²) >= 11 is 0. The van der Waals surface area contributed by atoms with E-state index in [1.54, 1.807) is 6.92 Å². The standard InChI is InChI=1S/C16H16F4N4O2/c1-8(15(25)24-6-13(9(24)2)26-16(18,19)20)23-14-11-4-3-10(17)5-12(11)21-7-22-14/h3-5,7-9,13H,6H2,1-2H3,(H,21,22,23)/t8-,9+,13+/m1/s1. The molecule has 1 aliphatic heterocycles. The number of halogens is 4. The molecule has 0 spiro atoms. The Balaban J connectivity index is 1.68. The van der Waals surface area contributed by atoms with Crippen molar-refractivity contribution in [3.8, 4) is 0 Å². The van der Waals surface area contributed by atoms with Gasteiger partial charge in [-0.3, -0.25) is 9.53 Å². The lowest BCUT2D eigenvalue weighted by molar-refractivity contribution is -0.359. The van der Waals surface area contributed by atoms with Crippen molar-refractivity contribution in [2.75, 3.05) is 11.9 Å². The zero-order valence-corrected chi connectivity index (χ0v) is 13.9. The van der Waals surface area contributed by atoms with Crippen molar-refractivity contribution in [3.63, 3.8) is 0 Å². The number of fused-ring (bicyclic) bond motifs is 1. The second-order valence-corrected chi connectivity index (χ2v) is 6.08. The van der Waals surface area contributed by atoms with E-state index in [0.29, 0.717) is 16.7 Å². The van der Waals surface area contributed by atoms with E-state index < -0.39 is 30.4 Å². The molecule has 3 rings (SSSR count). The molecule has 1 N–H and O–H groups in total. The van der Waals surface area contributed by atoms with Crippen molar-refractivity contribution in [1.82, 2.24) is 14.9 Å². The Bertz CT molecular complexity index is 829. The normalized spacial score (nSPS) is 21.4. The van der Waals surface area contributed by atoms with Crippen molar-refractivity contribution < 1.29 is 27.1 Å². The highest BCUT2D eigenvalue weighted by Crippen LogP contribution is 2.29. The molecule has 140 valence electrons. The summed E-state index contributed by atoms with van der Waals surface area (Å²) in [6.45, 7) is 2.93. The first-order valence-corrected chi connectivity index (χ1v) is 7.87. The third kappa shape index (κ3) is 3.69. The van der Waals surface area contributed by atoms with Crippen molar-refractivity contribution in [2.24, 2.45) is 0 Å². The van der Waals surface area contributed by atoms with Gasteiger partial charge in [0.1, 0.15) is 30.1 Å². The molecule has 1 fully saturated rings. The number of likely N-dealkylation sites (tertiary alicyclic amines) is 1. The van der Waals surface area contributed by atoms with E-state index in [4.69, 9.17) is 0 Å². The zero-order chi connectivity index (χ0) is 19.1. The SMILES string of the molecule is C[C@@H](Nc1ncnc2cc(F)ccc12)C(=O)N1C[C@H](OC(F)(F)F)[C@@H]1C. The van der Waals surface area contributed by atoms with Crippen molar-refractivity contribution in [3.05, 3.63) is 30.3 Å². The Morgan fingerprint density at radius 2 is 2.12 bits per heavy atom. The Labute approximate surface area is 146 Å². The van der Waals surface area contributed by atoms with E-state index in [-0.39, 0.29) is 12.5 Å². The summed E-state index contributed by atoms with van der Waals surface area (Å²) in [5.74, 6) is -0.489. The molecular formula is C16H16F4N4O2. The average Bonchev–Trinajstić information content (AvgIpc) is 2.56. The number of benzene rings is 1. The molecular weight excluding hydrogens is 356 g/mol. The lowest BCUT2D eigenvalue weighted by atomic mass is 9.99. The summed E-state index contributed by atoms with van der Waals surface area (Å²) in [6.07, 6.45) is -4.57. The van der Waals surface area contributed by atoms with Crippen molar-refractivity contribution in [2.45, 2.75) is 38.4 Å². The Morgan fingerprint density at radius 3 is 2.77 bits per heavy atom. The maximum Gasteiger partial charge on any atom is 0.522 e. The number of ether oxygens (including phenoxy) is 1. The second kappa shape index (κ2) is 6.67. The number of nitrogens with one attached hydrogen (secondary N) is 1. The summed E-state index contributed by atoms with van der Waals surface area (Å²) in [5.41, 5.74) is 0.373. The summed E-state index contributed by atoms with van der Waals surface area (Å²) in [4.78, 5) is 21.8. The van der Waals surface area contributed by atoms with Crippen LogP contribution in [0.2, 0.25) is 0 Å². The predicted octanol–water partition coefficient (Wildman–Crippen LogP) is 2.71. The van der Waals surface area contributed by atoms with Crippen LogP contribution >= 0.6 is 0 Å². The lowest BCUT2D eigenvalue weighted by Gasteiger charge is -2.46. The van der Waals surface area contributed by atoms with Gasteiger partial charge in [0.25, 0.3) is 0 Å². The second-order valence-electron chi connectivity index (χ2n) is 6.08. The van der Waals surface area contributed by atoms with Crippen LogP contribution in [0.4, 0.5) is 23.4 Å². The minimum Gasteiger partial charge on any atom is -0.358 e. The molecule has 3 atom stereocenters. The zero-order valence-electron chi connectivity index (χ0n) is 13.9. The first kappa shape index (κ1) is 18.3. The van der Waals surface area contributed by atoms with E-state index in [1.807, 2.05) is 0 Å². The molecule has 1 aromatic carbocycles. The Morgan fingerprint density at radius 1 is 1.38 bits per heavy atom.